The lowest BCUT2D eigenvalue weighted by Crippen LogP contribution is -2.00. The fourth-order valence-corrected chi connectivity index (χ4v) is 8.07. The first-order chi connectivity index (χ1) is 22.8. The van der Waals surface area contributed by atoms with Gasteiger partial charge < -0.3 is 4.42 Å². The van der Waals surface area contributed by atoms with Crippen molar-refractivity contribution in [3.05, 3.63) is 140 Å². The highest BCUT2D eigenvalue weighted by Crippen LogP contribution is 2.42. The number of fused-ring (bicyclic) bond motifs is 10. The van der Waals surface area contributed by atoms with Crippen LogP contribution in [0.2, 0.25) is 0 Å². The van der Waals surface area contributed by atoms with E-state index in [1.54, 1.807) is 0 Å². The van der Waals surface area contributed by atoms with Crippen LogP contribution in [-0.2, 0) is 0 Å². The Kier molecular flexibility index (Phi) is 5.41. The molecule has 0 saturated carbocycles. The molecule has 10 rings (SSSR count). The van der Waals surface area contributed by atoms with Gasteiger partial charge in [-0.15, -0.1) is 11.3 Å². The fourth-order valence-electron chi connectivity index (χ4n) is 6.76. The molecule has 0 N–H and O–H groups in total. The van der Waals surface area contributed by atoms with Crippen LogP contribution in [0, 0.1) is 0 Å². The second-order valence-electron chi connectivity index (χ2n) is 11.6. The molecule has 0 amide bonds. The van der Waals surface area contributed by atoms with Gasteiger partial charge in [-0.1, -0.05) is 121 Å². The Balaban J connectivity index is 1.21. The van der Waals surface area contributed by atoms with Gasteiger partial charge in [-0.2, -0.15) is 0 Å². The molecule has 3 heterocycles. The van der Waals surface area contributed by atoms with E-state index in [0.717, 1.165) is 38.6 Å². The maximum absolute atomic E-state index is 6.21. The highest BCUT2D eigenvalue weighted by Gasteiger charge is 2.18. The van der Waals surface area contributed by atoms with Gasteiger partial charge in [-0.25, -0.2) is 15.0 Å². The Hall–Kier alpha value is -5.91. The van der Waals surface area contributed by atoms with Gasteiger partial charge in [0.25, 0.3) is 0 Å². The molecule has 0 atom stereocenters. The van der Waals surface area contributed by atoms with Crippen LogP contribution in [0.15, 0.2) is 144 Å². The number of aromatic nitrogens is 3. The largest absolute Gasteiger partial charge is 0.456 e. The summed E-state index contributed by atoms with van der Waals surface area (Å²) in [5.41, 5.74) is 4.48. The molecule has 5 heteroatoms. The van der Waals surface area contributed by atoms with Crippen molar-refractivity contribution < 1.29 is 4.42 Å². The normalized spacial score (nSPS) is 11.9. The summed E-state index contributed by atoms with van der Waals surface area (Å²) in [7, 11) is 0. The lowest BCUT2D eigenvalue weighted by Gasteiger charge is -2.09. The van der Waals surface area contributed by atoms with Crippen LogP contribution >= 0.6 is 11.3 Å². The molecular formula is C41H23N3OS. The molecule has 0 unspecified atom stereocenters. The van der Waals surface area contributed by atoms with Crippen molar-refractivity contribution in [3.8, 4) is 34.2 Å². The van der Waals surface area contributed by atoms with Crippen LogP contribution in [0.5, 0.6) is 0 Å². The van der Waals surface area contributed by atoms with Gasteiger partial charge in [0.15, 0.2) is 17.5 Å². The first-order valence-electron chi connectivity index (χ1n) is 15.3. The SMILES string of the molecule is c1ccc(-c2nc(-c3ccc4c(c3)sc3c4ccc4ccc5ccccc5c43)nc(-c3cccc4oc5ccccc5c34)n2)cc1. The molecule has 7 aromatic carbocycles. The average Bonchev–Trinajstić information content (AvgIpc) is 3.70. The van der Waals surface area contributed by atoms with Gasteiger partial charge in [-0.3, -0.25) is 0 Å². The van der Waals surface area contributed by atoms with Crippen LogP contribution in [0.25, 0.3) is 97.8 Å². The smallest absolute Gasteiger partial charge is 0.164 e. The van der Waals surface area contributed by atoms with Crippen LogP contribution in [0.3, 0.4) is 0 Å². The Morgan fingerprint density at radius 1 is 0.435 bits per heavy atom. The number of benzene rings is 7. The van der Waals surface area contributed by atoms with Gasteiger partial charge in [0.2, 0.25) is 0 Å². The predicted octanol–water partition coefficient (Wildman–Crippen LogP) is 11.4. The van der Waals surface area contributed by atoms with E-state index >= 15 is 0 Å². The number of hydrogen-bond acceptors (Lipinski definition) is 5. The van der Waals surface area contributed by atoms with Crippen molar-refractivity contribution in [3.63, 3.8) is 0 Å². The molecule has 0 saturated heterocycles. The Morgan fingerprint density at radius 2 is 1.13 bits per heavy atom. The molecule has 0 bridgehead atoms. The van der Waals surface area contributed by atoms with Crippen LogP contribution in [0.1, 0.15) is 0 Å². The Morgan fingerprint density at radius 3 is 2.04 bits per heavy atom. The molecule has 0 radical (unpaired) electrons. The van der Waals surface area contributed by atoms with Crippen LogP contribution < -0.4 is 0 Å². The molecule has 214 valence electrons. The van der Waals surface area contributed by atoms with Crippen molar-refractivity contribution in [2.24, 2.45) is 0 Å². The number of thiophene rings is 1. The second kappa shape index (κ2) is 9.80. The van der Waals surface area contributed by atoms with E-state index in [-0.39, 0.29) is 0 Å². The summed E-state index contributed by atoms with van der Waals surface area (Å²) >= 11 is 1.84. The third-order valence-electron chi connectivity index (χ3n) is 8.92. The van der Waals surface area contributed by atoms with Crippen molar-refractivity contribution in [2.45, 2.75) is 0 Å². The van der Waals surface area contributed by atoms with E-state index in [9.17, 15) is 0 Å². The zero-order valence-corrected chi connectivity index (χ0v) is 25.3. The Bertz CT molecular complexity index is 2820. The number of nitrogens with zero attached hydrogens (tertiary/aromatic N) is 3. The van der Waals surface area contributed by atoms with E-state index in [1.807, 2.05) is 72.0 Å². The summed E-state index contributed by atoms with van der Waals surface area (Å²) in [5, 5.41) is 9.68. The average molecular weight is 606 g/mol. The summed E-state index contributed by atoms with van der Waals surface area (Å²) in [6.07, 6.45) is 0. The summed E-state index contributed by atoms with van der Waals surface area (Å²) in [4.78, 5) is 15.2. The molecule has 3 aromatic heterocycles. The third-order valence-corrected chi connectivity index (χ3v) is 10.1. The highest BCUT2D eigenvalue weighted by atomic mass is 32.1. The molecule has 4 nitrogen and oxygen atoms in total. The van der Waals surface area contributed by atoms with Crippen molar-refractivity contribution in [2.75, 3.05) is 0 Å². The number of para-hydroxylation sites is 1. The summed E-state index contributed by atoms with van der Waals surface area (Å²) in [6, 6.07) is 48.5. The number of rotatable bonds is 3. The minimum absolute atomic E-state index is 0.620. The zero-order chi connectivity index (χ0) is 30.2. The predicted molar refractivity (Wildman–Crippen MR) is 191 cm³/mol. The first kappa shape index (κ1) is 25.4. The van der Waals surface area contributed by atoms with Crippen LogP contribution in [-0.4, -0.2) is 15.0 Å². The minimum Gasteiger partial charge on any atom is -0.456 e. The maximum Gasteiger partial charge on any atom is 0.164 e. The summed E-state index contributed by atoms with van der Waals surface area (Å²) < 4.78 is 8.72. The molecular weight excluding hydrogens is 583 g/mol. The van der Waals surface area contributed by atoms with Gasteiger partial charge in [0.05, 0.1) is 0 Å². The second-order valence-corrected chi connectivity index (χ2v) is 12.6. The third kappa shape index (κ3) is 3.82. The minimum atomic E-state index is 0.620. The van der Waals surface area contributed by atoms with Crippen molar-refractivity contribution in [1.29, 1.82) is 0 Å². The summed E-state index contributed by atoms with van der Waals surface area (Å²) in [6.45, 7) is 0. The topological polar surface area (TPSA) is 51.8 Å². The highest BCUT2D eigenvalue weighted by molar-refractivity contribution is 7.26. The Labute approximate surface area is 267 Å². The fraction of sp³-hybridized carbons (Fsp3) is 0. The van der Waals surface area contributed by atoms with Crippen molar-refractivity contribution >= 4 is 75.0 Å². The van der Waals surface area contributed by atoms with E-state index in [4.69, 9.17) is 19.4 Å². The molecule has 0 fully saturated rings. The monoisotopic (exact) mass is 605 g/mol. The first-order valence-corrected chi connectivity index (χ1v) is 16.1. The van der Waals surface area contributed by atoms with E-state index in [0.29, 0.717) is 17.5 Å². The lowest BCUT2D eigenvalue weighted by molar-refractivity contribution is 0.669. The molecule has 0 aliphatic carbocycles. The van der Waals surface area contributed by atoms with Crippen molar-refractivity contribution in [1.82, 2.24) is 15.0 Å². The number of hydrogen-bond donors (Lipinski definition) is 0. The number of furan rings is 1. The van der Waals surface area contributed by atoms with Gasteiger partial charge >= 0.3 is 0 Å². The maximum atomic E-state index is 6.21. The van der Waals surface area contributed by atoms with E-state index in [1.165, 1.54) is 41.7 Å². The lowest BCUT2D eigenvalue weighted by atomic mass is 9.99. The van der Waals surface area contributed by atoms with E-state index < -0.39 is 0 Å². The molecule has 0 aliphatic rings. The standard InChI is InChI=1S/C41H23N3OS/c1-2-10-26(11-3-1)39-42-40(44-41(43-39)32-14-8-16-34-37(32)31-13-6-7-15-33(31)45-34)27-20-21-29-30-22-19-25-18-17-24-9-4-5-12-28(24)36(25)38(30)46-35(29)23-27/h1-23H. The molecule has 0 aliphatic heterocycles. The van der Waals surface area contributed by atoms with Crippen LogP contribution in [0.4, 0.5) is 0 Å². The zero-order valence-electron chi connectivity index (χ0n) is 24.4. The van der Waals surface area contributed by atoms with Gasteiger partial charge in [0, 0.05) is 53.0 Å². The molecule has 0 spiro atoms. The van der Waals surface area contributed by atoms with E-state index in [2.05, 4.69) is 78.9 Å². The van der Waals surface area contributed by atoms with Gasteiger partial charge in [0.1, 0.15) is 11.2 Å². The summed E-state index contributed by atoms with van der Waals surface area (Å²) in [5.74, 6) is 1.90. The molecule has 10 aromatic rings. The van der Waals surface area contributed by atoms with Gasteiger partial charge in [-0.05, 0) is 34.4 Å². The molecule has 46 heavy (non-hydrogen) atoms. The quantitative estimate of drug-likeness (QED) is 0.188.